The first-order valence-corrected chi connectivity index (χ1v) is 12.3. The second kappa shape index (κ2) is 9.24. The van der Waals surface area contributed by atoms with Crippen LogP contribution in [0.4, 0.5) is 11.4 Å². The van der Waals surface area contributed by atoms with Gasteiger partial charge < -0.3 is 19.5 Å². The molecular formula is C27H25BrN4OS. The van der Waals surface area contributed by atoms with Gasteiger partial charge in [0.25, 0.3) is 0 Å². The molecule has 0 bridgehead atoms. The van der Waals surface area contributed by atoms with E-state index in [1.54, 1.807) is 0 Å². The molecule has 0 unspecified atom stereocenters. The van der Waals surface area contributed by atoms with Gasteiger partial charge in [-0.2, -0.15) is 0 Å². The molecule has 1 saturated heterocycles. The molecule has 1 aliphatic rings. The predicted octanol–water partition coefficient (Wildman–Crippen LogP) is 6.66. The van der Waals surface area contributed by atoms with Crippen LogP contribution in [0.5, 0.6) is 0 Å². The molecule has 0 spiro atoms. The number of rotatable bonds is 5. The zero-order valence-electron chi connectivity index (χ0n) is 19.2. The van der Waals surface area contributed by atoms with E-state index in [1.165, 1.54) is 5.56 Å². The third kappa shape index (κ3) is 4.21. The number of furan rings is 1. The fourth-order valence-electron chi connectivity index (χ4n) is 4.31. The molecule has 3 heterocycles. The zero-order valence-corrected chi connectivity index (χ0v) is 21.6. The Hall–Kier alpha value is -3.16. The molecule has 2 aromatic carbocycles. The van der Waals surface area contributed by atoms with Crippen LogP contribution in [0.2, 0.25) is 0 Å². The molecule has 4 aromatic rings. The first kappa shape index (κ1) is 22.6. The van der Waals surface area contributed by atoms with Crippen LogP contribution < -0.4 is 15.1 Å². The van der Waals surface area contributed by atoms with Crippen LogP contribution in [0.15, 0.2) is 87.9 Å². The quantitative estimate of drug-likeness (QED) is 0.290. The minimum atomic E-state index is -0.189. The van der Waals surface area contributed by atoms with Crippen molar-refractivity contribution in [3.8, 4) is 11.3 Å². The van der Waals surface area contributed by atoms with Gasteiger partial charge in [0.05, 0.1) is 11.7 Å². The van der Waals surface area contributed by atoms with Gasteiger partial charge in [-0.05, 0) is 85.4 Å². The van der Waals surface area contributed by atoms with Crippen LogP contribution in [0.1, 0.15) is 29.1 Å². The maximum atomic E-state index is 6.48. The third-order valence-corrected chi connectivity index (χ3v) is 7.02. The Morgan fingerprint density at radius 1 is 1.03 bits per heavy atom. The minimum absolute atomic E-state index is 0.150. The van der Waals surface area contributed by atoms with E-state index in [2.05, 4.69) is 85.4 Å². The molecule has 172 valence electrons. The number of benzene rings is 2. The Labute approximate surface area is 213 Å². The Kier molecular flexibility index (Phi) is 6.15. The molecule has 0 radical (unpaired) electrons. The van der Waals surface area contributed by atoms with Crippen LogP contribution in [-0.4, -0.2) is 24.2 Å². The van der Waals surface area contributed by atoms with Crippen LogP contribution in [-0.2, 0) is 0 Å². The normalized spacial score (nSPS) is 17.6. The second-order valence-corrected chi connectivity index (χ2v) is 9.83. The molecule has 5 nitrogen and oxygen atoms in total. The number of aryl methyl sites for hydroxylation is 1. The smallest absolute Gasteiger partial charge is 0.174 e. The summed E-state index contributed by atoms with van der Waals surface area (Å²) in [7, 11) is 4.06. The van der Waals surface area contributed by atoms with Crippen molar-refractivity contribution in [3.63, 3.8) is 0 Å². The maximum absolute atomic E-state index is 6.48. The zero-order chi connectivity index (χ0) is 23.8. The Bertz CT molecular complexity index is 1320. The van der Waals surface area contributed by atoms with Gasteiger partial charge in [-0.3, -0.25) is 4.98 Å². The van der Waals surface area contributed by atoms with E-state index in [0.29, 0.717) is 5.11 Å². The van der Waals surface area contributed by atoms with E-state index < -0.39 is 0 Å². The van der Waals surface area contributed by atoms with Gasteiger partial charge in [0, 0.05) is 41.7 Å². The standard InChI is InChI=1S/C27H25BrN4OS/c1-17-7-12-20(21(28)16-17)23-13-14-24(33-23)26-25(22-6-4-5-15-29-22)30-27(34)32(26)19-10-8-18(9-11-19)31(2)3/h4-16,25-26H,1-3H3,(H,30,34)/t25-,26-/m1/s1. The SMILES string of the molecule is Cc1ccc(-c2ccc([C@@H]3[C@@H](c4ccccn4)NC(=S)N3c3ccc(N(C)C)cc3)o2)c(Br)c1. The first-order chi connectivity index (χ1) is 16.4. The topological polar surface area (TPSA) is 44.5 Å². The van der Waals surface area contributed by atoms with E-state index in [1.807, 2.05) is 50.6 Å². The summed E-state index contributed by atoms with van der Waals surface area (Å²) in [5, 5.41) is 4.13. The van der Waals surface area contributed by atoms with E-state index in [4.69, 9.17) is 16.6 Å². The number of anilines is 2. The Morgan fingerprint density at radius 2 is 1.82 bits per heavy atom. The van der Waals surface area contributed by atoms with E-state index in [0.717, 1.165) is 38.6 Å². The van der Waals surface area contributed by atoms with Gasteiger partial charge in [0.2, 0.25) is 0 Å². The van der Waals surface area contributed by atoms with Gasteiger partial charge >= 0.3 is 0 Å². The van der Waals surface area contributed by atoms with Crippen LogP contribution in [0.25, 0.3) is 11.3 Å². The minimum Gasteiger partial charge on any atom is -0.459 e. The molecule has 0 aliphatic carbocycles. The van der Waals surface area contributed by atoms with Crippen molar-refractivity contribution in [1.82, 2.24) is 10.3 Å². The van der Waals surface area contributed by atoms with E-state index in [-0.39, 0.29) is 12.1 Å². The highest BCUT2D eigenvalue weighted by Crippen LogP contribution is 2.43. The summed E-state index contributed by atoms with van der Waals surface area (Å²) in [5.41, 5.74) is 5.25. The number of hydrogen-bond donors (Lipinski definition) is 1. The van der Waals surface area contributed by atoms with Crippen molar-refractivity contribution in [2.45, 2.75) is 19.0 Å². The van der Waals surface area contributed by atoms with Crippen molar-refractivity contribution in [3.05, 3.63) is 100 Å². The van der Waals surface area contributed by atoms with Crippen molar-refractivity contribution >= 4 is 44.6 Å². The van der Waals surface area contributed by atoms with E-state index >= 15 is 0 Å². The predicted molar refractivity (Wildman–Crippen MR) is 145 cm³/mol. The van der Waals surface area contributed by atoms with E-state index in [9.17, 15) is 0 Å². The van der Waals surface area contributed by atoms with Gasteiger partial charge in [-0.25, -0.2) is 0 Å². The highest BCUT2D eigenvalue weighted by molar-refractivity contribution is 9.10. The van der Waals surface area contributed by atoms with Crippen molar-refractivity contribution in [1.29, 1.82) is 0 Å². The van der Waals surface area contributed by atoms with Crippen molar-refractivity contribution in [2.75, 3.05) is 23.9 Å². The Morgan fingerprint density at radius 3 is 2.50 bits per heavy atom. The average Bonchev–Trinajstić information content (AvgIpc) is 3.44. The van der Waals surface area contributed by atoms with Gasteiger partial charge in [-0.15, -0.1) is 0 Å². The number of halogens is 1. The molecular weight excluding hydrogens is 508 g/mol. The molecule has 5 rings (SSSR count). The molecule has 0 amide bonds. The maximum Gasteiger partial charge on any atom is 0.174 e. The lowest BCUT2D eigenvalue weighted by Crippen LogP contribution is -2.29. The van der Waals surface area contributed by atoms with Crippen LogP contribution in [0.3, 0.4) is 0 Å². The molecule has 7 heteroatoms. The Balaban J connectivity index is 1.58. The lowest BCUT2D eigenvalue weighted by atomic mass is 10.0. The third-order valence-electron chi connectivity index (χ3n) is 6.05. The molecule has 2 atom stereocenters. The summed E-state index contributed by atoms with van der Waals surface area (Å²) in [5.74, 6) is 1.63. The lowest BCUT2D eigenvalue weighted by Gasteiger charge is -2.26. The number of nitrogens with one attached hydrogen (secondary N) is 1. The molecule has 1 fully saturated rings. The largest absolute Gasteiger partial charge is 0.459 e. The lowest BCUT2D eigenvalue weighted by molar-refractivity contribution is 0.439. The summed E-state index contributed by atoms with van der Waals surface area (Å²) in [6.07, 6.45) is 1.81. The highest BCUT2D eigenvalue weighted by Gasteiger charge is 2.42. The molecule has 0 saturated carbocycles. The monoisotopic (exact) mass is 532 g/mol. The highest BCUT2D eigenvalue weighted by atomic mass is 79.9. The second-order valence-electron chi connectivity index (χ2n) is 8.59. The average molecular weight is 533 g/mol. The number of nitrogens with zero attached hydrogens (tertiary/aromatic N) is 3. The molecule has 34 heavy (non-hydrogen) atoms. The summed E-state index contributed by atoms with van der Waals surface area (Å²) >= 11 is 9.51. The summed E-state index contributed by atoms with van der Waals surface area (Å²) in [4.78, 5) is 8.83. The number of aromatic nitrogens is 1. The molecule has 1 aliphatic heterocycles. The first-order valence-electron chi connectivity index (χ1n) is 11.1. The summed E-state index contributed by atoms with van der Waals surface area (Å²) in [6, 6.07) is 24.3. The summed E-state index contributed by atoms with van der Waals surface area (Å²) < 4.78 is 7.49. The van der Waals surface area contributed by atoms with Crippen LogP contribution >= 0.6 is 28.1 Å². The molecule has 2 aromatic heterocycles. The van der Waals surface area contributed by atoms with Crippen LogP contribution in [0, 0.1) is 6.92 Å². The van der Waals surface area contributed by atoms with Crippen molar-refractivity contribution in [2.24, 2.45) is 0 Å². The van der Waals surface area contributed by atoms with Gasteiger partial charge in [-0.1, -0.05) is 28.1 Å². The fourth-order valence-corrected chi connectivity index (χ4v) is 5.34. The van der Waals surface area contributed by atoms with Crippen molar-refractivity contribution < 1.29 is 4.42 Å². The number of thiocarbonyl (C=S) groups is 1. The number of hydrogen-bond acceptors (Lipinski definition) is 4. The van der Waals surface area contributed by atoms with Gasteiger partial charge in [0.15, 0.2) is 5.11 Å². The molecule has 1 N–H and O–H groups in total. The summed E-state index contributed by atoms with van der Waals surface area (Å²) in [6.45, 7) is 2.07. The number of pyridine rings is 1. The fraction of sp³-hybridized carbons (Fsp3) is 0.185. The van der Waals surface area contributed by atoms with Gasteiger partial charge in [0.1, 0.15) is 17.6 Å².